The molecule has 2 aromatic carbocycles. The number of aromatic nitrogens is 1. The van der Waals surface area contributed by atoms with Crippen LogP contribution in [-0.4, -0.2) is 10.3 Å². The summed E-state index contributed by atoms with van der Waals surface area (Å²) >= 11 is 0. The Balaban J connectivity index is 2.18. The standard InChI is InChI=1S/C19H17NO2/c1-3-5-13-7-8-18(21)17(9-13)15-10-14(6-4-2)19-16(11-15)12-20-22-19/h3-4,7-12,21H,1-2,5-6H2. The fourth-order valence-electron chi connectivity index (χ4n) is 2.63. The molecule has 0 saturated heterocycles. The van der Waals surface area contributed by atoms with Crippen molar-refractivity contribution in [3.8, 4) is 16.9 Å². The Hall–Kier alpha value is -2.81. The molecule has 1 N–H and O–H groups in total. The Kier molecular flexibility index (Phi) is 3.79. The Bertz CT molecular complexity index is 846. The van der Waals surface area contributed by atoms with Crippen LogP contribution in [0.15, 0.2) is 66.4 Å². The molecular formula is C19H17NO2. The topological polar surface area (TPSA) is 46.3 Å². The summed E-state index contributed by atoms with van der Waals surface area (Å²) < 4.78 is 5.31. The first-order chi connectivity index (χ1) is 10.7. The number of fused-ring (bicyclic) bond motifs is 1. The molecule has 0 aliphatic carbocycles. The fraction of sp³-hybridized carbons (Fsp3) is 0.105. The van der Waals surface area contributed by atoms with Crippen molar-refractivity contribution in [2.75, 3.05) is 0 Å². The number of nitrogens with zero attached hydrogens (tertiary/aromatic N) is 1. The zero-order chi connectivity index (χ0) is 15.5. The Morgan fingerprint density at radius 1 is 1.09 bits per heavy atom. The van der Waals surface area contributed by atoms with Crippen molar-refractivity contribution in [3.05, 3.63) is 73.0 Å². The van der Waals surface area contributed by atoms with E-state index < -0.39 is 0 Å². The zero-order valence-corrected chi connectivity index (χ0v) is 12.2. The van der Waals surface area contributed by atoms with Gasteiger partial charge >= 0.3 is 0 Å². The van der Waals surface area contributed by atoms with Crippen molar-refractivity contribution in [1.82, 2.24) is 5.16 Å². The molecule has 110 valence electrons. The highest BCUT2D eigenvalue weighted by Crippen LogP contribution is 2.34. The summed E-state index contributed by atoms with van der Waals surface area (Å²) in [5.41, 5.74) is 4.63. The van der Waals surface area contributed by atoms with Crippen LogP contribution in [0.25, 0.3) is 22.1 Å². The normalized spacial score (nSPS) is 10.7. The van der Waals surface area contributed by atoms with Gasteiger partial charge in [-0.1, -0.05) is 23.4 Å². The second kappa shape index (κ2) is 5.90. The van der Waals surface area contributed by atoms with Crippen LogP contribution in [0.5, 0.6) is 5.75 Å². The van der Waals surface area contributed by atoms with Gasteiger partial charge in [0.1, 0.15) is 5.75 Å². The molecule has 0 unspecified atom stereocenters. The molecule has 1 heterocycles. The highest BCUT2D eigenvalue weighted by atomic mass is 16.5. The van der Waals surface area contributed by atoms with E-state index in [2.05, 4.69) is 18.3 Å². The third kappa shape index (κ3) is 2.53. The molecule has 0 amide bonds. The largest absolute Gasteiger partial charge is 0.507 e. The molecule has 0 aliphatic heterocycles. The van der Waals surface area contributed by atoms with E-state index in [1.165, 1.54) is 0 Å². The van der Waals surface area contributed by atoms with E-state index >= 15 is 0 Å². The highest BCUT2D eigenvalue weighted by molar-refractivity contribution is 5.87. The number of allylic oxidation sites excluding steroid dienone is 2. The van der Waals surface area contributed by atoms with Gasteiger partial charge in [-0.15, -0.1) is 13.2 Å². The maximum Gasteiger partial charge on any atom is 0.170 e. The first-order valence-electron chi connectivity index (χ1n) is 7.14. The number of benzene rings is 2. The van der Waals surface area contributed by atoms with E-state index in [1.807, 2.05) is 36.4 Å². The van der Waals surface area contributed by atoms with Crippen molar-refractivity contribution in [2.24, 2.45) is 0 Å². The number of rotatable bonds is 5. The molecule has 3 nitrogen and oxygen atoms in total. The lowest BCUT2D eigenvalue weighted by molar-refractivity contribution is 0.454. The molecule has 3 heteroatoms. The predicted molar refractivity (Wildman–Crippen MR) is 88.9 cm³/mol. The van der Waals surface area contributed by atoms with Crippen LogP contribution in [0.4, 0.5) is 0 Å². The molecule has 3 rings (SSSR count). The summed E-state index contributed by atoms with van der Waals surface area (Å²) in [4.78, 5) is 0. The third-order valence-electron chi connectivity index (χ3n) is 3.65. The number of phenolic OH excluding ortho intramolecular Hbond substituents is 1. The molecule has 0 bridgehead atoms. The van der Waals surface area contributed by atoms with Gasteiger partial charge in [-0.3, -0.25) is 0 Å². The summed E-state index contributed by atoms with van der Waals surface area (Å²) in [6, 6.07) is 9.61. The van der Waals surface area contributed by atoms with Gasteiger partial charge in [0.15, 0.2) is 5.58 Å². The molecule has 1 aromatic heterocycles. The SMILES string of the molecule is C=CCc1ccc(O)c(-c2cc(CC=C)c3oncc3c2)c1. The van der Waals surface area contributed by atoms with Crippen LogP contribution in [0.3, 0.4) is 0 Å². The number of phenols is 1. The van der Waals surface area contributed by atoms with Gasteiger partial charge in [0, 0.05) is 16.5 Å². The minimum absolute atomic E-state index is 0.258. The molecule has 0 spiro atoms. The van der Waals surface area contributed by atoms with Gasteiger partial charge in [0.05, 0.1) is 6.20 Å². The highest BCUT2D eigenvalue weighted by Gasteiger charge is 2.12. The molecule has 0 fully saturated rings. The lowest BCUT2D eigenvalue weighted by Gasteiger charge is -2.09. The van der Waals surface area contributed by atoms with Crippen molar-refractivity contribution < 1.29 is 9.63 Å². The minimum Gasteiger partial charge on any atom is -0.507 e. The van der Waals surface area contributed by atoms with Gasteiger partial charge in [-0.25, -0.2) is 0 Å². The van der Waals surface area contributed by atoms with Gasteiger partial charge in [0.2, 0.25) is 0 Å². The van der Waals surface area contributed by atoms with Crippen LogP contribution in [0.2, 0.25) is 0 Å². The second-order valence-corrected chi connectivity index (χ2v) is 5.22. The van der Waals surface area contributed by atoms with Crippen LogP contribution >= 0.6 is 0 Å². The fourth-order valence-corrected chi connectivity index (χ4v) is 2.63. The second-order valence-electron chi connectivity index (χ2n) is 5.22. The van der Waals surface area contributed by atoms with E-state index in [0.29, 0.717) is 6.42 Å². The lowest BCUT2D eigenvalue weighted by atomic mass is 9.96. The molecular weight excluding hydrogens is 274 g/mol. The van der Waals surface area contributed by atoms with Crippen molar-refractivity contribution >= 4 is 11.0 Å². The number of hydrogen-bond acceptors (Lipinski definition) is 3. The van der Waals surface area contributed by atoms with Gasteiger partial charge < -0.3 is 9.63 Å². The lowest BCUT2D eigenvalue weighted by Crippen LogP contribution is -1.88. The Morgan fingerprint density at radius 2 is 1.91 bits per heavy atom. The number of hydrogen-bond donors (Lipinski definition) is 1. The van der Waals surface area contributed by atoms with Crippen molar-refractivity contribution in [3.63, 3.8) is 0 Å². The zero-order valence-electron chi connectivity index (χ0n) is 12.2. The quantitative estimate of drug-likeness (QED) is 0.695. The van der Waals surface area contributed by atoms with E-state index in [-0.39, 0.29) is 5.75 Å². The smallest absolute Gasteiger partial charge is 0.170 e. The Labute approximate surface area is 129 Å². The van der Waals surface area contributed by atoms with Crippen molar-refractivity contribution in [1.29, 1.82) is 0 Å². The molecule has 0 atom stereocenters. The Morgan fingerprint density at radius 3 is 2.68 bits per heavy atom. The van der Waals surface area contributed by atoms with Gasteiger partial charge in [-0.2, -0.15) is 0 Å². The molecule has 0 radical (unpaired) electrons. The minimum atomic E-state index is 0.258. The van der Waals surface area contributed by atoms with Gasteiger partial charge in [0.25, 0.3) is 0 Å². The monoisotopic (exact) mass is 291 g/mol. The average Bonchev–Trinajstić information content (AvgIpc) is 2.98. The predicted octanol–water partition coefficient (Wildman–Crippen LogP) is 4.66. The average molecular weight is 291 g/mol. The van der Waals surface area contributed by atoms with E-state index in [9.17, 15) is 5.11 Å². The molecule has 0 aliphatic rings. The summed E-state index contributed by atoms with van der Waals surface area (Å²) in [6.07, 6.45) is 6.82. The molecule has 22 heavy (non-hydrogen) atoms. The van der Waals surface area contributed by atoms with Crippen LogP contribution in [0, 0.1) is 0 Å². The van der Waals surface area contributed by atoms with Crippen LogP contribution in [-0.2, 0) is 12.8 Å². The maximum atomic E-state index is 10.2. The van der Waals surface area contributed by atoms with E-state index in [1.54, 1.807) is 12.3 Å². The number of aromatic hydroxyl groups is 1. The van der Waals surface area contributed by atoms with Crippen LogP contribution in [0.1, 0.15) is 11.1 Å². The summed E-state index contributed by atoms with van der Waals surface area (Å²) in [6.45, 7) is 7.54. The molecule has 3 aromatic rings. The third-order valence-corrected chi connectivity index (χ3v) is 3.65. The van der Waals surface area contributed by atoms with Gasteiger partial charge in [-0.05, 0) is 48.2 Å². The van der Waals surface area contributed by atoms with E-state index in [0.717, 1.165) is 39.6 Å². The van der Waals surface area contributed by atoms with E-state index in [4.69, 9.17) is 4.52 Å². The van der Waals surface area contributed by atoms with Crippen LogP contribution < -0.4 is 0 Å². The van der Waals surface area contributed by atoms with Crippen molar-refractivity contribution in [2.45, 2.75) is 12.8 Å². The maximum absolute atomic E-state index is 10.2. The summed E-state index contributed by atoms with van der Waals surface area (Å²) in [7, 11) is 0. The first-order valence-corrected chi connectivity index (χ1v) is 7.14. The molecule has 0 saturated carbocycles. The summed E-state index contributed by atoms with van der Waals surface area (Å²) in [5, 5.41) is 15.0. The summed E-state index contributed by atoms with van der Waals surface area (Å²) in [5.74, 6) is 0.258. The first kappa shape index (κ1) is 14.1.